The second kappa shape index (κ2) is 10.2. The van der Waals surface area contributed by atoms with E-state index in [0.717, 1.165) is 11.1 Å². The number of rotatable bonds is 8. The van der Waals surface area contributed by atoms with E-state index in [-0.39, 0.29) is 5.91 Å². The number of carbonyl (C=O) groups excluding carboxylic acids is 1. The first-order valence-electron chi connectivity index (χ1n) is 10.2. The first kappa shape index (κ1) is 21.0. The van der Waals surface area contributed by atoms with Gasteiger partial charge >= 0.3 is 0 Å². The van der Waals surface area contributed by atoms with E-state index in [1.54, 1.807) is 12.3 Å². The highest BCUT2D eigenvalue weighted by Gasteiger charge is 2.09. The monoisotopic (exact) mass is 426 g/mol. The normalized spacial score (nSPS) is 10.4. The van der Waals surface area contributed by atoms with Crippen LogP contribution in [0.5, 0.6) is 17.4 Å². The van der Waals surface area contributed by atoms with E-state index in [2.05, 4.69) is 20.3 Å². The number of para-hydroxylation sites is 2. The highest BCUT2D eigenvalue weighted by atomic mass is 16.5. The Morgan fingerprint density at radius 1 is 0.844 bits per heavy atom. The smallest absolute Gasteiger partial charge is 0.254 e. The summed E-state index contributed by atoms with van der Waals surface area (Å²) >= 11 is 0. The van der Waals surface area contributed by atoms with Crippen LogP contribution in [-0.4, -0.2) is 27.5 Å². The van der Waals surface area contributed by atoms with Gasteiger partial charge in [-0.1, -0.05) is 48.5 Å². The Bertz CT molecular complexity index is 1160. The Balaban J connectivity index is 1.34. The number of amides is 1. The van der Waals surface area contributed by atoms with Crippen LogP contribution >= 0.6 is 0 Å². The molecule has 0 saturated carbocycles. The molecule has 0 aliphatic heterocycles. The van der Waals surface area contributed by atoms with Gasteiger partial charge in [-0.2, -0.15) is 0 Å². The minimum atomic E-state index is -0.254. The van der Waals surface area contributed by atoms with Gasteiger partial charge in [-0.25, -0.2) is 15.0 Å². The van der Waals surface area contributed by atoms with Gasteiger partial charge in [0, 0.05) is 36.8 Å². The topological polar surface area (TPSA) is 86.2 Å². The van der Waals surface area contributed by atoms with Crippen molar-refractivity contribution in [3.05, 3.63) is 96.4 Å². The number of nitrogens with one attached hydrogen (secondary N) is 1. The van der Waals surface area contributed by atoms with Gasteiger partial charge < -0.3 is 14.8 Å². The lowest BCUT2D eigenvalue weighted by Gasteiger charge is -2.11. The molecule has 160 valence electrons. The number of benzene rings is 2. The fourth-order valence-electron chi connectivity index (χ4n) is 2.96. The van der Waals surface area contributed by atoms with Crippen LogP contribution in [0.4, 0.5) is 0 Å². The summed E-state index contributed by atoms with van der Waals surface area (Å²) in [7, 11) is 0. The van der Waals surface area contributed by atoms with E-state index in [4.69, 9.17) is 9.47 Å². The number of hydrogen-bond acceptors (Lipinski definition) is 6. The highest BCUT2D eigenvalue weighted by Crippen LogP contribution is 2.30. The second-order valence-corrected chi connectivity index (χ2v) is 6.83. The summed E-state index contributed by atoms with van der Waals surface area (Å²) in [5.74, 6) is 2.02. The summed E-state index contributed by atoms with van der Waals surface area (Å²) in [6.45, 7) is 2.79. The Morgan fingerprint density at radius 2 is 1.56 bits per heavy atom. The van der Waals surface area contributed by atoms with Gasteiger partial charge in [-0.3, -0.25) is 4.79 Å². The van der Waals surface area contributed by atoms with Crippen LogP contribution in [0.3, 0.4) is 0 Å². The molecule has 0 aliphatic rings. The maximum Gasteiger partial charge on any atom is 0.254 e. The third kappa shape index (κ3) is 5.26. The lowest BCUT2D eigenvalue weighted by atomic mass is 10.2. The highest BCUT2D eigenvalue weighted by molar-refractivity contribution is 5.93. The molecule has 0 radical (unpaired) electrons. The van der Waals surface area contributed by atoms with Gasteiger partial charge in [-0.15, -0.1) is 0 Å². The molecule has 1 N–H and O–H groups in total. The Hall–Kier alpha value is -4.26. The minimum absolute atomic E-state index is 0.254. The molecule has 0 fully saturated rings. The number of pyridine rings is 1. The fraction of sp³-hybridized carbons (Fsp3) is 0.120. The molecule has 7 heteroatoms. The summed E-state index contributed by atoms with van der Waals surface area (Å²) < 4.78 is 11.4. The van der Waals surface area contributed by atoms with Crippen LogP contribution in [0.15, 0.2) is 85.3 Å². The van der Waals surface area contributed by atoms with Crippen molar-refractivity contribution < 1.29 is 14.3 Å². The molecular formula is C25H22N4O3. The summed E-state index contributed by atoms with van der Waals surface area (Å²) in [5.41, 5.74) is 2.13. The van der Waals surface area contributed by atoms with Crippen molar-refractivity contribution in [3.8, 4) is 28.8 Å². The van der Waals surface area contributed by atoms with Crippen LogP contribution in [0.1, 0.15) is 22.8 Å². The van der Waals surface area contributed by atoms with Crippen LogP contribution in [0, 0.1) is 0 Å². The van der Waals surface area contributed by atoms with Crippen molar-refractivity contribution in [2.24, 2.45) is 0 Å². The lowest BCUT2D eigenvalue weighted by Crippen LogP contribution is -2.23. The van der Waals surface area contributed by atoms with Crippen LogP contribution in [-0.2, 0) is 6.54 Å². The number of carbonyl (C=O) groups is 1. The number of ether oxygens (including phenoxy) is 2. The zero-order valence-corrected chi connectivity index (χ0v) is 17.6. The number of hydrogen-bond donors (Lipinski definition) is 1. The van der Waals surface area contributed by atoms with Crippen LogP contribution in [0.2, 0.25) is 0 Å². The van der Waals surface area contributed by atoms with E-state index in [0.29, 0.717) is 41.9 Å². The van der Waals surface area contributed by atoms with E-state index >= 15 is 0 Å². The third-order valence-electron chi connectivity index (χ3n) is 4.56. The van der Waals surface area contributed by atoms with Crippen LogP contribution < -0.4 is 14.8 Å². The summed E-state index contributed by atoms with van der Waals surface area (Å²) in [4.78, 5) is 25.3. The summed E-state index contributed by atoms with van der Waals surface area (Å²) in [5, 5.41) is 2.85. The maximum absolute atomic E-state index is 12.4. The van der Waals surface area contributed by atoms with Crippen molar-refractivity contribution in [2.45, 2.75) is 13.5 Å². The SMILES string of the molecule is CCOc1ccccc1Oc1ccc(CNC(=O)c2cnc(-c3ccccc3)nc2)cn1. The van der Waals surface area contributed by atoms with Crippen molar-refractivity contribution in [1.82, 2.24) is 20.3 Å². The third-order valence-corrected chi connectivity index (χ3v) is 4.56. The quantitative estimate of drug-likeness (QED) is 0.441. The molecule has 32 heavy (non-hydrogen) atoms. The standard InChI is InChI=1S/C25H22N4O3/c1-2-31-21-10-6-7-11-22(21)32-23-13-12-18(14-26-23)15-29-25(30)20-16-27-24(28-17-20)19-8-4-3-5-9-19/h3-14,16-17H,2,15H2,1H3,(H,29,30). The molecule has 0 unspecified atom stereocenters. The van der Waals surface area contributed by atoms with Gasteiger partial charge in [0.05, 0.1) is 12.2 Å². The van der Waals surface area contributed by atoms with E-state index in [1.165, 1.54) is 12.4 Å². The zero-order chi connectivity index (χ0) is 22.2. The molecule has 2 aromatic heterocycles. The van der Waals surface area contributed by atoms with Gasteiger partial charge in [0.15, 0.2) is 17.3 Å². The summed E-state index contributed by atoms with van der Waals surface area (Å²) in [6, 6.07) is 20.6. The molecule has 0 atom stereocenters. The van der Waals surface area contributed by atoms with E-state index in [9.17, 15) is 4.79 Å². The maximum atomic E-state index is 12.4. The summed E-state index contributed by atoms with van der Waals surface area (Å²) in [6.07, 6.45) is 4.71. The average Bonchev–Trinajstić information content (AvgIpc) is 2.85. The molecule has 0 spiro atoms. The zero-order valence-electron chi connectivity index (χ0n) is 17.6. The van der Waals surface area contributed by atoms with E-state index < -0.39 is 0 Å². The van der Waals surface area contributed by atoms with Crippen molar-refractivity contribution in [2.75, 3.05) is 6.61 Å². The fourth-order valence-corrected chi connectivity index (χ4v) is 2.96. The molecule has 2 heterocycles. The molecular weight excluding hydrogens is 404 g/mol. The predicted octanol–water partition coefficient (Wildman–Crippen LogP) is 4.66. The number of aromatic nitrogens is 3. The molecule has 0 saturated heterocycles. The largest absolute Gasteiger partial charge is 0.490 e. The van der Waals surface area contributed by atoms with Gasteiger partial charge in [0.1, 0.15) is 0 Å². The lowest BCUT2D eigenvalue weighted by molar-refractivity contribution is 0.0950. The van der Waals surface area contributed by atoms with Crippen molar-refractivity contribution in [3.63, 3.8) is 0 Å². The second-order valence-electron chi connectivity index (χ2n) is 6.83. The molecule has 4 rings (SSSR count). The molecule has 2 aromatic carbocycles. The Labute approximate surface area is 186 Å². The average molecular weight is 426 g/mol. The Kier molecular flexibility index (Phi) is 6.67. The first-order valence-corrected chi connectivity index (χ1v) is 10.2. The van der Waals surface area contributed by atoms with E-state index in [1.807, 2.05) is 67.6 Å². The van der Waals surface area contributed by atoms with Crippen molar-refractivity contribution >= 4 is 5.91 Å². The van der Waals surface area contributed by atoms with Gasteiger partial charge in [0.2, 0.25) is 5.88 Å². The minimum Gasteiger partial charge on any atom is -0.490 e. The Morgan fingerprint density at radius 3 is 2.25 bits per heavy atom. The molecule has 0 aliphatic carbocycles. The molecule has 7 nitrogen and oxygen atoms in total. The predicted molar refractivity (Wildman–Crippen MR) is 121 cm³/mol. The van der Waals surface area contributed by atoms with Crippen LogP contribution in [0.25, 0.3) is 11.4 Å². The molecule has 0 bridgehead atoms. The number of nitrogens with zero attached hydrogens (tertiary/aromatic N) is 3. The van der Waals surface area contributed by atoms with Gasteiger partial charge in [0.25, 0.3) is 5.91 Å². The molecule has 4 aromatic rings. The van der Waals surface area contributed by atoms with Crippen molar-refractivity contribution in [1.29, 1.82) is 0 Å². The van der Waals surface area contributed by atoms with Gasteiger partial charge in [-0.05, 0) is 24.6 Å². The first-order chi connectivity index (χ1) is 15.7. The molecule has 1 amide bonds.